The number of thiophene rings is 1. The Morgan fingerprint density at radius 1 is 1.04 bits per heavy atom. The lowest BCUT2D eigenvalue weighted by molar-refractivity contribution is 0.809. The Morgan fingerprint density at radius 3 is 2.42 bits per heavy atom. The van der Waals surface area contributed by atoms with Gasteiger partial charge >= 0.3 is 0 Å². The Morgan fingerprint density at radius 2 is 1.79 bits per heavy atom. The van der Waals surface area contributed by atoms with Crippen molar-refractivity contribution in [3.8, 4) is 0 Å². The van der Waals surface area contributed by atoms with Crippen LogP contribution in [0.5, 0.6) is 0 Å². The average molecular weight is 356 g/mol. The first-order valence-electron chi connectivity index (χ1n) is 7.95. The first-order valence-corrected chi connectivity index (χ1v) is 9.71. The van der Waals surface area contributed by atoms with Crippen molar-refractivity contribution in [1.82, 2.24) is 4.68 Å². The van der Waals surface area contributed by atoms with Crippen LogP contribution in [-0.4, -0.2) is 10.9 Å². The van der Waals surface area contributed by atoms with Crippen LogP contribution in [0, 0.1) is 13.8 Å². The highest BCUT2D eigenvalue weighted by Crippen LogP contribution is 2.19. The Labute approximate surface area is 150 Å². The largest absolute Gasteiger partial charge is 0.220 e. The lowest BCUT2D eigenvalue weighted by Gasteiger charge is -2.04. The maximum atomic E-state index is 4.76. The van der Waals surface area contributed by atoms with Gasteiger partial charge in [0.2, 0.25) is 4.80 Å². The lowest BCUT2D eigenvalue weighted by Crippen LogP contribution is -2.11. The highest BCUT2D eigenvalue weighted by molar-refractivity contribution is 7.11. The van der Waals surface area contributed by atoms with Crippen LogP contribution in [0.15, 0.2) is 51.2 Å². The van der Waals surface area contributed by atoms with Gasteiger partial charge in [-0.05, 0) is 54.5 Å². The van der Waals surface area contributed by atoms with Crippen molar-refractivity contribution in [1.29, 1.82) is 0 Å². The zero-order chi connectivity index (χ0) is 17.1. The molecule has 0 N–H and O–H groups in total. The molecule has 0 radical (unpaired) electrons. The minimum Gasteiger partial charge on any atom is -0.220 e. The number of rotatable bonds is 4. The van der Waals surface area contributed by atoms with Crippen molar-refractivity contribution in [2.75, 3.05) is 0 Å². The highest BCUT2D eigenvalue weighted by atomic mass is 32.1. The second-order valence-corrected chi connectivity index (χ2v) is 7.83. The molecule has 3 rings (SSSR count). The molecule has 124 valence electrons. The van der Waals surface area contributed by atoms with E-state index in [1.807, 2.05) is 10.9 Å². The van der Waals surface area contributed by atoms with E-state index in [1.54, 1.807) is 22.7 Å². The smallest absolute Gasteiger partial charge is 0.211 e. The van der Waals surface area contributed by atoms with E-state index in [0.29, 0.717) is 5.92 Å². The average Bonchev–Trinajstić information content (AvgIpc) is 3.12. The molecule has 0 unspecified atom stereocenters. The summed E-state index contributed by atoms with van der Waals surface area (Å²) in [5.74, 6) is 0.534. The number of nitrogens with zero attached hydrogens (tertiary/aromatic N) is 3. The monoisotopic (exact) mass is 355 g/mol. The standard InChI is InChI=1S/C19H21N3S2/c1-13(2)16-5-7-17(8-6-16)21-19-22(15(4)12-24-19)20-11-18-14(3)9-10-23-18/h5-13H,1-4H3. The van der Waals surface area contributed by atoms with Gasteiger partial charge in [-0.2, -0.15) is 5.10 Å². The van der Waals surface area contributed by atoms with Crippen molar-refractivity contribution >= 4 is 34.6 Å². The summed E-state index contributed by atoms with van der Waals surface area (Å²) in [4.78, 5) is 6.82. The molecule has 2 heterocycles. The predicted molar refractivity (Wildman–Crippen MR) is 105 cm³/mol. The van der Waals surface area contributed by atoms with Crippen LogP contribution in [0.25, 0.3) is 0 Å². The fraction of sp³-hybridized carbons (Fsp3) is 0.263. The molecule has 0 saturated carbocycles. The second-order valence-electron chi connectivity index (χ2n) is 6.04. The van der Waals surface area contributed by atoms with Crippen molar-refractivity contribution in [3.05, 3.63) is 67.6 Å². The fourth-order valence-electron chi connectivity index (χ4n) is 2.27. The SMILES string of the molecule is Cc1ccsc1C=Nn1c(C)csc1=Nc1ccc(C(C)C)cc1. The van der Waals surface area contributed by atoms with E-state index in [-0.39, 0.29) is 0 Å². The van der Waals surface area contributed by atoms with Crippen molar-refractivity contribution in [3.63, 3.8) is 0 Å². The van der Waals surface area contributed by atoms with E-state index in [2.05, 4.69) is 73.9 Å². The van der Waals surface area contributed by atoms with Gasteiger partial charge < -0.3 is 0 Å². The molecule has 5 heteroatoms. The van der Waals surface area contributed by atoms with E-state index in [9.17, 15) is 0 Å². The number of hydrogen-bond donors (Lipinski definition) is 0. The predicted octanol–water partition coefficient (Wildman–Crippen LogP) is 5.47. The molecule has 0 bridgehead atoms. The normalized spacial score (nSPS) is 12.6. The van der Waals surface area contributed by atoms with E-state index in [1.165, 1.54) is 16.0 Å². The van der Waals surface area contributed by atoms with Crippen LogP contribution in [0.1, 0.15) is 41.5 Å². The van der Waals surface area contributed by atoms with Crippen molar-refractivity contribution in [2.24, 2.45) is 10.1 Å². The third kappa shape index (κ3) is 3.74. The van der Waals surface area contributed by atoms with Crippen LogP contribution in [0.3, 0.4) is 0 Å². The molecule has 0 aliphatic carbocycles. The molecule has 1 aromatic carbocycles. The first-order chi connectivity index (χ1) is 11.5. The molecule has 2 aromatic heterocycles. The van der Waals surface area contributed by atoms with Crippen LogP contribution < -0.4 is 4.80 Å². The third-order valence-corrected chi connectivity index (χ3v) is 5.71. The maximum absolute atomic E-state index is 4.76. The Hall–Kier alpha value is -1.98. The molecule has 0 atom stereocenters. The molecule has 3 nitrogen and oxygen atoms in total. The number of thiazole rings is 1. The Bertz CT molecular complexity index is 909. The summed E-state index contributed by atoms with van der Waals surface area (Å²) in [6, 6.07) is 10.5. The van der Waals surface area contributed by atoms with Gasteiger partial charge in [0.05, 0.1) is 22.5 Å². The number of aromatic nitrogens is 1. The van der Waals surface area contributed by atoms with Gasteiger partial charge in [0, 0.05) is 5.38 Å². The Balaban J connectivity index is 1.94. The zero-order valence-corrected chi connectivity index (χ0v) is 16.0. The van der Waals surface area contributed by atoms with Gasteiger partial charge in [-0.3, -0.25) is 0 Å². The van der Waals surface area contributed by atoms with Gasteiger partial charge in [0.25, 0.3) is 0 Å². The quantitative estimate of drug-likeness (QED) is 0.556. The molecule has 0 aliphatic rings. The Kier molecular flexibility index (Phi) is 5.11. The molecule has 24 heavy (non-hydrogen) atoms. The van der Waals surface area contributed by atoms with E-state index in [0.717, 1.165) is 16.2 Å². The van der Waals surface area contributed by atoms with E-state index >= 15 is 0 Å². The maximum Gasteiger partial charge on any atom is 0.211 e. The summed E-state index contributed by atoms with van der Waals surface area (Å²) in [5, 5.41) is 8.80. The molecule has 0 spiro atoms. The van der Waals surface area contributed by atoms with Crippen molar-refractivity contribution in [2.45, 2.75) is 33.6 Å². The van der Waals surface area contributed by atoms with Crippen LogP contribution in [-0.2, 0) is 0 Å². The summed E-state index contributed by atoms with van der Waals surface area (Å²) in [6.07, 6.45) is 1.92. The number of aryl methyl sites for hydroxylation is 2. The molecule has 3 aromatic rings. The summed E-state index contributed by atoms with van der Waals surface area (Å²) < 4.78 is 1.90. The van der Waals surface area contributed by atoms with Gasteiger partial charge in [0.1, 0.15) is 0 Å². The molecule has 0 fully saturated rings. The van der Waals surface area contributed by atoms with E-state index < -0.39 is 0 Å². The summed E-state index contributed by atoms with van der Waals surface area (Å²) in [7, 11) is 0. The molecule has 0 saturated heterocycles. The molecule has 0 amide bonds. The number of benzene rings is 1. The summed E-state index contributed by atoms with van der Waals surface area (Å²) in [6.45, 7) is 8.55. The zero-order valence-electron chi connectivity index (χ0n) is 14.4. The minimum atomic E-state index is 0.534. The van der Waals surface area contributed by atoms with Gasteiger partial charge in [-0.25, -0.2) is 9.67 Å². The van der Waals surface area contributed by atoms with Crippen molar-refractivity contribution < 1.29 is 0 Å². The fourth-order valence-corrected chi connectivity index (χ4v) is 3.88. The molecular weight excluding hydrogens is 334 g/mol. The van der Waals surface area contributed by atoms with Crippen LogP contribution in [0.4, 0.5) is 5.69 Å². The summed E-state index contributed by atoms with van der Waals surface area (Å²) in [5.41, 5.74) is 4.62. The first kappa shape index (κ1) is 16.9. The topological polar surface area (TPSA) is 29.6 Å². The summed E-state index contributed by atoms with van der Waals surface area (Å²) >= 11 is 3.31. The lowest BCUT2D eigenvalue weighted by atomic mass is 10.0. The van der Waals surface area contributed by atoms with Crippen LogP contribution >= 0.6 is 22.7 Å². The van der Waals surface area contributed by atoms with E-state index in [4.69, 9.17) is 4.99 Å². The van der Waals surface area contributed by atoms with Gasteiger partial charge in [-0.1, -0.05) is 26.0 Å². The van der Waals surface area contributed by atoms with Gasteiger partial charge in [-0.15, -0.1) is 22.7 Å². The van der Waals surface area contributed by atoms with Crippen LogP contribution in [0.2, 0.25) is 0 Å². The highest BCUT2D eigenvalue weighted by Gasteiger charge is 2.02. The third-order valence-electron chi connectivity index (χ3n) is 3.83. The minimum absolute atomic E-state index is 0.534. The molecule has 0 aliphatic heterocycles. The number of hydrogen-bond acceptors (Lipinski definition) is 4. The van der Waals surface area contributed by atoms with Gasteiger partial charge in [0.15, 0.2) is 0 Å². The second kappa shape index (κ2) is 7.28. The molecular formula is C19H21N3S2.